The zero-order valence-corrected chi connectivity index (χ0v) is 20.9. The molecule has 1 aliphatic rings. The van der Waals surface area contributed by atoms with E-state index in [-0.39, 0.29) is 5.91 Å². The lowest BCUT2D eigenvalue weighted by Crippen LogP contribution is -2.37. The number of fused-ring (bicyclic) bond motifs is 1. The molecule has 7 heteroatoms. The van der Waals surface area contributed by atoms with Gasteiger partial charge in [0.1, 0.15) is 5.75 Å². The number of hydrogen-bond acceptors (Lipinski definition) is 5. The highest BCUT2D eigenvalue weighted by Crippen LogP contribution is 2.35. The van der Waals surface area contributed by atoms with Crippen LogP contribution in [0.1, 0.15) is 40.2 Å². The van der Waals surface area contributed by atoms with Gasteiger partial charge in [-0.05, 0) is 85.8 Å². The van der Waals surface area contributed by atoms with Crippen LogP contribution in [0.2, 0.25) is 0 Å². The molecule has 1 amide bonds. The van der Waals surface area contributed by atoms with Gasteiger partial charge >= 0.3 is 0 Å². The normalized spacial score (nSPS) is 14.3. The van der Waals surface area contributed by atoms with E-state index >= 15 is 0 Å². The number of nitrogens with one attached hydrogen (secondary N) is 1. The Kier molecular flexibility index (Phi) is 5.96. The fourth-order valence-corrected chi connectivity index (χ4v) is 5.15. The summed E-state index contributed by atoms with van der Waals surface area (Å²) in [5.74, 6) is 2.24. The standard InChI is InChI=1S/C30H28N4O3/c1-19-4-3-5-23(16-19)29-33-32-28(37-29)21-6-8-22(9-7-21)30(35)34-14-12-20(13-15-34)26-18-31-27-11-10-24(36-2)17-25(26)27/h3-11,16-18,20,31H,12-15H2,1-2H3. The molecule has 1 saturated heterocycles. The summed E-state index contributed by atoms with van der Waals surface area (Å²) in [6, 6.07) is 21.5. The quantitative estimate of drug-likeness (QED) is 0.315. The number of likely N-dealkylation sites (tertiary alicyclic amines) is 1. The van der Waals surface area contributed by atoms with Crippen molar-refractivity contribution in [1.82, 2.24) is 20.1 Å². The van der Waals surface area contributed by atoms with Crippen LogP contribution >= 0.6 is 0 Å². The Morgan fingerprint density at radius 2 is 1.73 bits per heavy atom. The maximum absolute atomic E-state index is 13.2. The van der Waals surface area contributed by atoms with E-state index in [1.807, 2.05) is 66.4 Å². The highest BCUT2D eigenvalue weighted by atomic mass is 16.5. The highest BCUT2D eigenvalue weighted by molar-refractivity contribution is 5.94. The number of hydrogen-bond donors (Lipinski definition) is 1. The number of nitrogens with zero attached hydrogens (tertiary/aromatic N) is 3. The number of methoxy groups -OCH3 is 1. The summed E-state index contributed by atoms with van der Waals surface area (Å²) in [6.07, 6.45) is 3.96. The summed E-state index contributed by atoms with van der Waals surface area (Å²) >= 11 is 0. The molecule has 0 saturated carbocycles. The van der Waals surface area contributed by atoms with Crippen LogP contribution in [0, 0.1) is 6.92 Å². The topological polar surface area (TPSA) is 84.2 Å². The zero-order chi connectivity index (χ0) is 25.4. The third kappa shape index (κ3) is 4.48. The molecule has 0 aliphatic carbocycles. The number of rotatable bonds is 5. The van der Waals surface area contributed by atoms with Crippen LogP contribution in [0.25, 0.3) is 33.8 Å². The fourth-order valence-electron chi connectivity index (χ4n) is 5.15. The molecule has 1 aliphatic heterocycles. The van der Waals surface area contributed by atoms with Gasteiger partial charge in [-0.3, -0.25) is 4.79 Å². The number of benzene rings is 3. The Morgan fingerprint density at radius 3 is 2.46 bits per heavy atom. The molecule has 0 atom stereocenters. The molecule has 0 bridgehead atoms. The number of aryl methyl sites for hydroxylation is 1. The molecule has 2 aromatic heterocycles. The second-order valence-corrected chi connectivity index (χ2v) is 9.58. The molecule has 186 valence electrons. The Labute approximate surface area is 215 Å². The first kappa shape index (κ1) is 23.0. The van der Waals surface area contributed by atoms with Gasteiger partial charge in [-0.25, -0.2) is 0 Å². The zero-order valence-electron chi connectivity index (χ0n) is 20.9. The monoisotopic (exact) mass is 492 g/mol. The molecule has 0 spiro atoms. The molecule has 7 nitrogen and oxygen atoms in total. The largest absolute Gasteiger partial charge is 0.497 e. The molecule has 1 N–H and O–H groups in total. The number of aromatic amines is 1. The van der Waals surface area contributed by atoms with Crippen LogP contribution in [-0.4, -0.2) is 46.2 Å². The third-order valence-corrected chi connectivity index (χ3v) is 7.21. The van der Waals surface area contributed by atoms with Crippen molar-refractivity contribution in [1.29, 1.82) is 0 Å². The van der Waals surface area contributed by atoms with E-state index in [9.17, 15) is 4.79 Å². The summed E-state index contributed by atoms with van der Waals surface area (Å²) in [5.41, 5.74) is 5.89. The summed E-state index contributed by atoms with van der Waals surface area (Å²) in [7, 11) is 1.69. The van der Waals surface area contributed by atoms with Crippen molar-refractivity contribution in [3.05, 3.63) is 89.6 Å². The first-order valence-electron chi connectivity index (χ1n) is 12.5. The van der Waals surface area contributed by atoms with Crippen LogP contribution in [0.4, 0.5) is 0 Å². The maximum Gasteiger partial charge on any atom is 0.253 e. The first-order valence-corrected chi connectivity index (χ1v) is 12.5. The third-order valence-electron chi connectivity index (χ3n) is 7.21. The molecule has 37 heavy (non-hydrogen) atoms. The Balaban J connectivity index is 1.12. The minimum absolute atomic E-state index is 0.0524. The SMILES string of the molecule is COc1ccc2[nH]cc(C3CCN(C(=O)c4ccc(-c5nnc(-c6cccc(C)c6)o5)cc4)CC3)c2c1. The lowest BCUT2D eigenvalue weighted by atomic mass is 9.89. The summed E-state index contributed by atoms with van der Waals surface area (Å²) in [5, 5.41) is 9.59. The minimum atomic E-state index is 0.0524. The van der Waals surface area contributed by atoms with Gasteiger partial charge in [-0.15, -0.1) is 10.2 Å². The highest BCUT2D eigenvalue weighted by Gasteiger charge is 2.26. The van der Waals surface area contributed by atoms with E-state index in [0.29, 0.717) is 23.3 Å². The molecular formula is C30H28N4O3. The molecule has 5 aromatic rings. The van der Waals surface area contributed by atoms with Crippen molar-refractivity contribution in [2.75, 3.05) is 20.2 Å². The second-order valence-electron chi connectivity index (χ2n) is 9.58. The molecule has 1 fully saturated rings. The van der Waals surface area contributed by atoms with Gasteiger partial charge in [0.25, 0.3) is 5.91 Å². The lowest BCUT2D eigenvalue weighted by Gasteiger charge is -2.32. The number of piperidine rings is 1. The van der Waals surface area contributed by atoms with Crippen molar-refractivity contribution in [3.8, 4) is 28.7 Å². The molecule has 3 heterocycles. The molecular weight excluding hydrogens is 464 g/mol. The van der Waals surface area contributed by atoms with E-state index < -0.39 is 0 Å². The summed E-state index contributed by atoms with van der Waals surface area (Å²) < 4.78 is 11.3. The lowest BCUT2D eigenvalue weighted by molar-refractivity contribution is 0.0713. The van der Waals surface area contributed by atoms with Crippen molar-refractivity contribution in [3.63, 3.8) is 0 Å². The van der Waals surface area contributed by atoms with Gasteiger partial charge in [-0.2, -0.15) is 0 Å². The van der Waals surface area contributed by atoms with Crippen LogP contribution in [0.3, 0.4) is 0 Å². The van der Waals surface area contributed by atoms with Crippen molar-refractivity contribution >= 4 is 16.8 Å². The average Bonchev–Trinajstić information content (AvgIpc) is 3.60. The van der Waals surface area contributed by atoms with E-state index in [4.69, 9.17) is 9.15 Å². The van der Waals surface area contributed by atoms with Gasteiger partial charge in [0, 0.05) is 46.9 Å². The Bertz CT molecular complexity index is 1560. The fraction of sp³-hybridized carbons (Fsp3) is 0.233. The van der Waals surface area contributed by atoms with Crippen LogP contribution in [0.15, 0.2) is 77.3 Å². The van der Waals surface area contributed by atoms with Crippen molar-refractivity contribution < 1.29 is 13.9 Å². The van der Waals surface area contributed by atoms with E-state index in [1.165, 1.54) is 10.9 Å². The summed E-state index contributed by atoms with van der Waals surface area (Å²) in [6.45, 7) is 3.48. The number of H-pyrrole nitrogens is 1. The summed E-state index contributed by atoms with van der Waals surface area (Å²) in [4.78, 5) is 18.5. The second kappa shape index (κ2) is 9.58. The predicted molar refractivity (Wildman–Crippen MR) is 143 cm³/mol. The smallest absolute Gasteiger partial charge is 0.253 e. The van der Waals surface area contributed by atoms with E-state index in [2.05, 4.69) is 33.5 Å². The molecule has 0 radical (unpaired) electrons. The maximum atomic E-state index is 13.2. The molecule has 6 rings (SSSR count). The Hall–Kier alpha value is -4.39. The van der Waals surface area contributed by atoms with Gasteiger partial charge in [0.05, 0.1) is 7.11 Å². The molecule has 3 aromatic carbocycles. The number of amides is 1. The van der Waals surface area contributed by atoms with Crippen molar-refractivity contribution in [2.24, 2.45) is 0 Å². The first-order chi connectivity index (χ1) is 18.1. The van der Waals surface area contributed by atoms with Gasteiger partial charge in [0.2, 0.25) is 11.8 Å². The number of carbonyl (C=O) groups excluding carboxylic acids is 1. The van der Waals surface area contributed by atoms with Crippen LogP contribution < -0.4 is 4.74 Å². The van der Waals surface area contributed by atoms with Gasteiger partial charge < -0.3 is 19.0 Å². The van der Waals surface area contributed by atoms with Crippen LogP contribution in [0.5, 0.6) is 5.75 Å². The van der Waals surface area contributed by atoms with Gasteiger partial charge in [-0.1, -0.05) is 17.7 Å². The number of carbonyl (C=O) groups is 1. The average molecular weight is 493 g/mol. The van der Waals surface area contributed by atoms with E-state index in [1.54, 1.807) is 7.11 Å². The molecule has 0 unspecified atom stereocenters. The van der Waals surface area contributed by atoms with E-state index in [0.717, 1.165) is 53.9 Å². The minimum Gasteiger partial charge on any atom is -0.497 e. The van der Waals surface area contributed by atoms with Crippen LogP contribution in [-0.2, 0) is 0 Å². The predicted octanol–water partition coefficient (Wildman–Crippen LogP) is 6.22. The number of ether oxygens (including phenoxy) is 1. The van der Waals surface area contributed by atoms with Gasteiger partial charge in [0.15, 0.2) is 0 Å². The Morgan fingerprint density at radius 1 is 0.973 bits per heavy atom. The van der Waals surface area contributed by atoms with Crippen molar-refractivity contribution in [2.45, 2.75) is 25.7 Å². The number of aromatic nitrogens is 3.